The third kappa shape index (κ3) is 4.50. The third-order valence-corrected chi connectivity index (χ3v) is 3.44. The lowest BCUT2D eigenvalue weighted by Crippen LogP contribution is -2.30. The van der Waals surface area contributed by atoms with Gasteiger partial charge in [0.25, 0.3) is 0 Å². The van der Waals surface area contributed by atoms with Gasteiger partial charge in [-0.05, 0) is 27.2 Å². The van der Waals surface area contributed by atoms with Crippen molar-refractivity contribution in [2.75, 3.05) is 6.54 Å². The first-order valence-corrected chi connectivity index (χ1v) is 6.63. The molecular formula is C14H25NO2. The maximum Gasteiger partial charge on any atom is 0.306 e. The Morgan fingerprint density at radius 1 is 1.53 bits per heavy atom. The molecule has 1 heterocycles. The van der Waals surface area contributed by atoms with Crippen LogP contribution in [-0.4, -0.2) is 24.7 Å². The van der Waals surface area contributed by atoms with Crippen LogP contribution < -0.4 is 5.32 Å². The standard InChI is InChI=1S/C14H25NO2/c1-5-6-7-14(16)17-11(3)8-13-12(4)10(2)9-15-13/h11,13,15H,5-9H2,1-4H3/t11-,13-/m1/s1. The molecule has 0 aromatic heterocycles. The third-order valence-electron chi connectivity index (χ3n) is 3.44. The molecule has 0 spiro atoms. The molecule has 17 heavy (non-hydrogen) atoms. The van der Waals surface area contributed by atoms with E-state index < -0.39 is 0 Å². The normalized spacial score (nSPS) is 21.8. The minimum absolute atomic E-state index is 0.00212. The van der Waals surface area contributed by atoms with E-state index in [0.717, 1.165) is 25.8 Å². The van der Waals surface area contributed by atoms with Gasteiger partial charge in [-0.3, -0.25) is 4.79 Å². The van der Waals surface area contributed by atoms with Crippen LogP contribution in [0, 0.1) is 0 Å². The highest BCUT2D eigenvalue weighted by Crippen LogP contribution is 2.19. The lowest BCUT2D eigenvalue weighted by Gasteiger charge is -2.19. The molecule has 98 valence electrons. The number of hydrogen-bond acceptors (Lipinski definition) is 3. The maximum absolute atomic E-state index is 11.5. The SMILES string of the molecule is CCCCC(=O)O[C@H](C)C[C@H]1NCC(C)=C1C. The Morgan fingerprint density at radius 2 is 2.24 bits per heavy atom. The van der Waals surface area contributed by atoms with Crippen molar-refractivity contribution in [3.8, 4) is 0 Å². The lowest BCUT2D eigenvalue weighted by molar-refractivity contribution is -0.148. The zero-order valence-corrected chi connectivity index (χ0v) is 11.5. The highest BCUT2D eigenvalue weighted by atomic mass is 16.5. The topological polar surface area (TPSA) is 38.3 Å². The second kappa shape index (κ2) is 6.80. The number of carbonyl (C=O) groups is 1. The number of unbranched alkanes of at least 4 members (excludes halogenated alkanes) is 1. The second-order valence-electron chi connectivity index (χ2n) is 5.04. The van der Waals surface area contributed by atoms with Gasteiger partial charge in [0.05, 0.1) is 0 Å². The van der Waals surface area contributed by atoms with Crippen molar-refractivity contribution in [2.24, 2.45) is 0 Å². The van der Waals surface area contributed by atoms with Crippen LogP contribution in [0.15, 0.2) is 11.1 Å². The Morgan fingerprint density at radius 3 is 2.76 bits per heavy atom. The number of carbonyl (C=O) groups excluding carboxylic acids is 1. The fourth-order valence-corrected chi connectivity index (χ4v) is 2.11. The molecule has 0 aliphatic carbocycles. The first kappa shape index (κ1) is 14.2. The van der Waals surface area contributed by atoms with Crippen LogP contribution in [0.2, 0.25) is 0 Å². The summed E-state index contributed by atoms with van der Waals surface area (Å²) in [5.41, 5.74) is 2.82. The summed E-state index contributed by atoms with van der Waals surface area (Å²) in [5, 5.41) is 3.44. The number of hydrogen-bond donors (Lipinski definition) is 1. The molecule has 0 amide bonds. The molecule has 1 N–H and O–H groups in total. The molecule has 1 aliphatic heterocycles. The van der Waals surface area contributed by atoms with E-state index in [4.69, 9.17) is 4.74 Å². The first-order chi connectivity index (χ1) is 8.04. The van der Waals surface area contributed by atoms with E-state index in [-0.39, 0.29) is 12.1 Å². The van der Waals surface area contributed by atoms with E-state index >= 15 is 0 Å². The summed E-state index contributed by atoms with van der Waals surface area (Å²) in [6.07, 6.45) is 3.38. The molecule has 0 unspecified atom stereocenters. The Labute approximate surface area is 105 Å². The van der Waals surface area contributed by atoms with Crippen LogP contribution in [0.25, 0.3) is 0 Å². The van der Waals surface area contributed by atoms with E-state index in [1.54, 1.807) is 0 Å². The highest BCUT2D eigenvalue weighted by molar-refractivity contribution is 5.69. The fraction of sp³-hybridized carbons (Fsp3) is 0.786. The van der Waals surface area contributed by atoms with Gasteiger partial charge in [0.2, 0.25) is 0 Å². The molecule has 3 heteroatoms. The monoisotopic (exact) mass is 239 g/mol. The van der Waals surface area contributed by atoms with Crippen LogP contribution in [0.4, 0.5) is 0 Å². The van der Waals surface area contributed by atoms with Gasteiger partial charge in [-0.1, -0.05) is 24.5 Å². The summed E-state index contributed by atoms with van der Waals surface area (Å²) < 4.78 is 5.40. The fourth-order valence-electron chi connectivity index (χ4n) is 2.11. The molecule has 2 atom stereocenters. The molecule has 0 saturated heterocycles. The van der Waals surface area contributed by atoms with Crippen LogP contribution in [0.1, 0.15) is 53.4 Å². The van der Waals surface area contributed by atoms with Crippen LogP contribution in [0.5, 0.6) is 0 Å². The van der Waals surface area contributed by atoms with Gasteiger partial charge >= 0.3 is 5.97 Å². The first-order valence-electron chi connectivity index (χ1n) is 6.63. The van der Waals surface area contributed by atoms with Crippen molar-refractivity contribution in [1.29, 1.82) is 0 Å². The molecule has 0 aromatic rings. The van der Waals surface area contributed by atoms with Crippen molar-refractivity contribution in [3.05, 3.63) is 11.1 Å². The Kier molecular flexibility index (Phi) is 5.69. The van der Waals surface area contributed by atoms with Crippen LogP contribution >= 0.6 is 0 Å². The van der Waals surface area contributed by atoms with E-state index in [1.165, 1.54) is 11.1 Å². The summed E-state index contributed by atoms with van der Waals surface area (Å²) in [6.45, 7) is 9.33. The summed E-state index contributed by atoms with van der Waals surface area (Å²) >= 11 is 0. The van der Waals surface area contributed by atoms with Crippen LogP contribution in [0.3, 0.4) is 0 Å². The van der Waals surface area contributed by atoms with Gasteiger partial charge in [0.15, 0.2) is 0 Å². The number of nitrogens with one attached hydrogen (secondary N) is 1. The smallest absolute Gasteiger partial charge is 0.306 e. The van der Waals surface area contributed by atoms with Crippen molar-refractivity contribution < 1.29 is 9.53 Å². The number of ether oxygens (including phenoxy) is 1. The molecule has 0 radical (unpaired) electrons. The summed E-state index contributed by atoms with van der Waals surface area (Å²) in [6, 6.07) is 0.379. The van der Waals surface area contributed by atoms with Gasteiger partial charge in [0.1, 0.15) is 6.10 Å². The van der Waals surface area contributed by atoms with E-state index in [0.29, 0.717) is 12.5 Å². The predicted molar refractivity (Wildman–Crippen MR) is 69.9 cm³/mol. The molecule has 1 rings (SSSR count). The average Bonchev–Trinajstić information content (AvgIpc) is 2.58. The molecule has 0 aromatic carbocycles. The van der Waals surface area contributed by atoms with Crippen molar-refractivity contribution in [3.63, 3.8) is 0 Å². The number of rotatable bonds is 6. The quantitative estimate of drug-likeness (QED) is 0.572. The highest BCUT2D eigenvalue weighted by Gasteiger charge is 2.22. The molecule has 0 fully saturated rings. The number of esters is 1. The molecular weight excluding hydrogens is 214 g/mol. The van der Waals surface area contributed by atoms with E-state index in [9.17, 15) is 4.79 Å². The average molecular weight is 239 g/mol. The molecule has 3 nitrogen and oxygen atoms in total. The van der Waals surface area contributed by atoms with Gasteiger partial charge in [-0.15, -0.1) is 0 Å². The molecule has 0 bridgehead atoms. The summed E-state index contributed by atoms with van der Waals surface area (Å²) in [4.78, 5) is 11.5. The minimum atomic E-state index is -0.0595. The van der Waals surface area contributed by atoms with Crippen LogP contribution in [-0.2, 0) is 9.53 Å². The largest absolute Gasteiger partial charge is 0.463 e. The van der Waals surface area contributed by atoms with Gasteiger partial charge in [0, 0.05) is 25.4 Å². The van der Waals surface area contributed by atoms with Gasteiger partial charge in [-0.25, -0.2) is 0 Å². The summed E-state index contributed by atoms with van der Waals surface area (Å²) in [7, 11) is 0. The van der Waals surface area contributed by atoms with E-state index in [2.05, 4.69) is 26.1 Å². The van der Waals surface area contributed by atoms with Gasteiger partial charge in [-0.2, -0.15) is 0 Å². The molecule has 0 saturated carbocycles. The Bertz CT molecular complexity index is 297. The minimum Gasteiger partial charge on any atom is -0.463 e. The summed E-state index contributed by atoms with van der Waals surface area (Å²) in [5.74, 6) is -0.0595. The Hall–Kier alpha value is -0.830. The van der Waals surface area contributed by atoms with Crippen molar-refractivity contribution >= 4 is 5.97 Å². The lowest BCUT2D eigenvalue weighted by atomic mass is 10.0. The predicted octanol–water partition coefficient (Wildman–Crippen LogP) is 2.81. The Balaban J connectivity index is 2.30. The second-order valence-corrected chi connectivity index (χ2v) is 5.04. The zero-order valence-electron chi connectivity index (χ0n) is 11.5. The van der Waals surface area contributed by atoms with Gasteiger partial charge < -0.3 is 10.1 Å². The van der Waals surface area contributed by atoms with E-state index in [1.807, 2.05) is 6.92 Å². The molecule has 1 aliphatic rings. The van der Waals surface area contributed by atoms with Crippen molar-refractivity contribution in [2.45, 2.75) is 65.5 Å². The maximum atomic E-state index is 11.5. The zero-order chi connectivity index (χ0) is 12.8. The van der Waals surface area contributed by atoms with Crippen molar-refractivity contribution in [1.82, 2.24) is 5.32 Å².